The van der Waals surface area contributed by atoms with Crippen molar-refractivity contribution in [3.63, 3.8) is 0 Å². The highest BCUT2D eigenvalue weighted by Gasteiger charge is 2.13. The molecule has 120 valence electrons. The minimum atomic E-state index is -0.683. The van der Waals surface area contributed by atoms with Gasteiger partial charge in [-0.25, -0.2) is 4.79 Å². The van der Waals surface area contributed by atoms with Crippen molar-refractivity contribution in [1.82, 2.24) is 10.6 Å². The largest absolute Gasteiger partial charge is 0.464 e. The van der Waals surface area contributed by atoms with Crippen LogP contribution in [0, 0.1) is 0 Å². The quantitative estimate of drug-likeness (QED) is 0.495. The SMILES string of the molecule is COC(=O)C(=Cc1ccccc1)NC(=O)CNC(=O)CN.Cl. The van der Waals surface area contributed by atoms with E-state index in [4.69, 9.17) is 5.73 Å². The van der Waals surface area contributed by atoms with E-state index in [0.717, 1.165) is 5.56 Å². The molecule has 0 aromatic heterocycles. The van der Waals surface area contributed by atoms with Crippen LogP contribution in [0.2, 0.25) is 0 Å². The van der Waals surface area contributed by atoms with Gasteiger partial charge in [0.2, 0.25) is 11.8 Å². The van der Waals surface area contributed by atoms with E-state index in [0.29, 0.717) is 0 Å². The van der Waals surface area contributed by atoms with Crippen LogP contribution in [0.4, 0.5) is 0 Å². The molecule has 1 rings (SSSR count). The molecule has 0 atom stereocenters. The molecule has 0 spiro atoms. The van der Waals surface area contributed by atoms with Crippen LogP contribution in [0.5, 0.6) is 0 Å². The van der Waals surface area contributed by atoms with Crippen LogP contribution >= 0.6 is 12.4 Å². The zero-order chi connectivity index (χ0) is 15.7. The first kappa shape index (κ1) is 19.6. The molecule has 1 aromatic rings. The van der Waals surface area contributed by atoms with Gasteiger partial charge >= 0.3 is 5.97 Å². The highest BCUT2D eigenvalue weighted by molar-refractivity contribution is 5.98. The van der Waals surface area contributed by atoms with Crippen molar-refractivity contribution >= 4 is 36.3 Å². The monoisotopic (exact) mass is 327 g/mol. The van der Waals surface area contributed by atoms with Crippen LogP contribution in [0.3, 0.4) is 0 Å². The van der Waals surface area contributed by atoms with E-state index in [1.54, 1.807) is 24.3 Å². The first-order valence-corrected chi connectivity index (χ1v) is 6.18. The van der Waals surface area contributed by atoms with Gasteiger partial charge in [0.05, 0.1) is 20.2 Å². The van der Waals surface area contributed by atoms with Crippen molar-refractivity contribution in [1.29, 1.82) is 0 Å². The van der Waals surface area contributed by atoms with Crippen LogP contribution in [0.25, 0.3) is 6.08 Å². The average Bonchev–Trinajstić information content (AvgIpc) is 2.52. The number of esters is 1. The molecule has 0 aliphatic carbocycles. The molecular formula is C14H18ClN3O4. The van der Waals surface area contributed by atoms with Crippen molar-refractivity contribution in [2.75, 3.05) is 20.2 Å². The summed E-state index contributed by atoms with van der Waals surface area (Å²) in [5.41, 5.74) is 5.81. The topological polar surface area (TPSA) is 111 Å². The number of hydrogen-bond donors (Lipinski definition) is 3. The van der Waals surface area contributed by atoms with Gasteiger partial charge in [-0.15, -0.1) is 12.4 Å². The van der Waals surface area contributed by atoms with Gasteiger partial charge < -0.3 is 21.1 Å². The molecular weight excluding hydrogens is 310 g/mol. The molecule has 0 heterocycles. The number of nitrogens with one attached hydrogen (secondary N) is 2. The number of amides is 2. The average molecular weight is 328 g/mol. The Bertz CT molecular complexity index is 546. The molecule has 0 saturated carbocycles. The van der Waals surface area contributed by atoms with Gasteiger partial charge in [-0.1, -0.05) is 30.3 Å². The fourth-order valence-corrected chi connectivity index (χ4v) is 1.42. The summed E-state index contributed by atoms with van der Waals surface area (Å²) in [5.74, 6) is -1.70. The van der Waals surface area contributed by atoms with Gasteiger partial charge in [-0.2, -0.15) is 0 Å². The number of nitrogens with two attached hydrogens (primary N) is 1. The summed E-state index contributed by atoms with van der Waals surface area (Å²) in [6.45, 7) is -0.490. The molecule has 0 bridgehead atoms. The Balaban J connectivity index is 0.00000441. The smallest absolute Gasteiger partial charge is 0.354 e. The Labute approximate surface area is 134 Å². The van der Waals surface area contributed by atoms with E-state index in [1.165, 1.54) is 13.2 Å². The molecule has 22 heavy (non-hydrogen) atoms. The van der Waals surface area contributed by atoms with Gasteiger partial charge in [-0.3, -0.25) is 9.59 Å². The first-order valence-electron chi connectivity index (χ1n) is 6.18. The van der Waals surface area contributed by atoms with Gasteiger partial charge in [0, 0.05) is 0 Å². The van der Waals surface area contributed by atoms with Crippen molar-refractivity contribution in [2.24, 2.45) is 5.73 Å². The van der Waals surface area contributed by atoms with E-state index in [9.17, 15) is 14.4 Å². The Morgan fingerprint density at radius 2 is 1.82 bits per heavy atom. The molecule has 2 amide bonds. The Kier molecular flexibility index (Phi) is 9.24. The number of methoxy groups -OCH3 is 1. The molecule has 0 aliphatic rings. The fourth-order valence-electron chi connectivity index (χ4n) is 1.42. The lowest BCUT2D eigenvalue weighted by Gasteiger charge is -2.09. The zero-order valence-corrected chi connectivity index (χ0v) is 12.8. The second-order valence-corrected chi connectivity index (χ2v) is 3.99. The summed E-state index contributed by atoms with van der Waals surface area (Å²) in [6, 6.07) is 8.96. The predicted octanol–water partition coefficient (Wildman–Crippen LogP) is -0.187. The molecule has 1 aromatic carbocycles. The summed E-state index contributed by atoms with van der Waals surface area (Å²) in [5, 5.41) is 4.69. The summed E-state index contributed by atoms with van der Waals surface area (Å²) < 4.78 is 4.60. The lowest BCUT2D eigenvalue weighted by atomic mass is 10.2. The van der Waals surface area contributed by atoms with Gasteiger partial charge in [0.15, 0.2) is 0 Å². The second-order valence-electron chi connectivity index (χ2n) is 3.99. The van der Waals surface area contributed by atoms with Crippen LogP contribution in [0.15, 0.2) is 36.0 Å². The third-order valence-electron chi connectivity index (χ3n) is 2.42. The van der Waals surface area contributed by atoms with Gasteiger partial charge in [0.1, 0.15) is 5.70 Å². The number of rotatable bonds is 6. The van der Waals surface area contributed by atoms with Crippen LogP contribution < -0.4 is 16.4 Å². The number of hydrogen-bond acceptors (Lipinski definition) is 5. The lowest BCUT2D eigenvalue weighted by molar-refractivity contribution is -0.137. The first-order chi connectivity index (χ1) is 10.1. The predicted molar refractivity (Wildman–Crippen MR) is 83.9 cm³/mol. The minimum absolute atomic E-state index is 0. The van der Waals surface area contributed by atoms with E-state index in [1.807, 2.05) is 6.07 Å². The second kappa shape index (κ2) is 10.4. The van der Waals surface area contributed by atoms with Crippen molar-refractivity contribution in [2.45, 2.75) is 0 Å². The highest BCUT2D eigenvalue weighted by Crippen LogP contribution is 2.05. The van der Waals surface area contributed by atoms with Crippen molar-refractivity contribution < 1.29 is 19.1 Å². The number of carbonyl (C=O) groups excluding carboxylic acids is 3. The summed E-state index contributed by atoms with van der Waals surface area (Å²) in [6.07, 6.45) is 1.48. The van der Waals surface area contributed by atoms with E-state index >= 15 is 0 Å². The summed E-state index contributed by atoms with van der Waals surface area (Å²) in [4.78, 5) is 34.3. The molecule has 0 saturated heterocycles. The molecule has 8 heteroatoms. The highest BCUT2D eigenvalue weighted by atomic mass is 35.5. The van der Waals surface area contributed by atoms with E-state index in [-0.39, 0.29) is 31.2 Å². The molecule has 0 radical (unpaired) electrons. The Morgan fingerprint density at radius 1 is 1.18 bits per heavy atom. The maximum absolute atomic E-state index is 11.7. The summed E-state index contributed by atoms with van der Waals surface area (Å²) in [7, 11) is 1.21. The van der Waals surface area contributed by atoms with Gasteiger partial charge in [-0.05, 0) is 11.6 Å². The lowest BCUT2D eigenvalue weighted by Crippen LogP contribution is -2.40. The van der Waals surface area contributed by atoms with Crippen molar-refractivity contribution in [3.8, 4) is 0 Å². The van der Waals surface area contributed by atoms with Crippen molar-refractivity contribution in [3.05, 3.63) is 41.6 Å². The third kappa shape index (κ3) is 6.87. The number of ether oxygens (including phenoxy) is 1. The molecule has 0 aliphatic heterocycles. The summed E-state index contributed by atoms with van der Waals surface area (Å²) >= 11 is 0. The maximum atomic E-state index is 11.7. The van der Waals surface area contributed by atoms with Gasteiger partial charge in [0.25, 0.3) is 0 Å². The Hall–Kier alpha value is -2.38. The van der Waals surface area contributed by atoms with Crippen LogP contribution in [0.1, 0.15) is 5.56 Å². The number of halogens is 1. The van der Waals surface area contributed by atoms with Crippen LogP contribution in [-0.4, -0.2) is 38.0 Å². The standard InChI is InChI=1S/C14H17N3O4.ClH/c1-21-14(20)11(7-10-5-3-2-4-6-10)17-13(19)9-16-12(18)8-15;/h2-7H,8-9,15H2,1H3,(H,16,18)(H,17,19);1H. The molecule has 0 unspecified atom stereocenters. The Morgan fingerprint density at radius 3 is 2.36 bits per heavy atom. The normalized spacial score (nSPS) is 10.2. The molecule has 4 N–H and O–H groups in total. The fraction of sp³-hybridized carbons (Fsp3) is 0.214. The van der Waals surface area contributed by atoms with Crippen LogP contribution in [-0.2, 0) is 19.1 Å². The molecule has 0 fully saturated rings. The maximum Gasteiger partial charge on any atom is 0.354 e. The minimum Gasteiger partial charge on any atom is -0.464 e. The van der Waals surface area contributed by atoms with E-state index < -0.39 is 17.8 Å². The molecule has 7 nitrogen and oxygen atoms in total. The van der Waals surface area contributed by atoms with E-state index in [2.05, 4.69) is 15.4 Å². The number of benzene rings is 1. The third-order valence-corrected chi connectivity index (χ3v) is 2.42. The zero-order valence-electron chi connectivity index (χ0n) is 12.0. The number of carbonyl (C=O) groups is 3.